The predicted molar refractivity (Wildman–Crippen MR) is 59.0 cm³/mol. The number of benzene rings is 1. The zero-order chi connectivity index (χ0) is 10.6. The highest BCUT2D eigenvalue weighted by atomic mass is 79.9. The first-order valence-corrected chi connectivity index (χ1v) is 5.03. The van der Waals surface area contributed by atoms with Crippen molar-refractivity contribution in [2.75, 3.05) is 11.9 Å². The number of rotatable bonds is 3. The summed E-state index contributed by atoms with van der Waals surface area (Å²) >= 11 is 3.33. The largest absolute Gasteiger partial charge is 0.394 e. The summed E-state index contributed by atoms with van der Waals surface area (Å²) in [5.74, 6) is 0. The Morgan fingerprint density at radius 1 is 1.64 bits per heavy atom. The first kappa shape index (κ1) is 11.0. The van der Waals surface area contributed by atoms with Gasteiger partial charge in [-0.05, 0) is 25.1 Å². The Labute approximate surface area is 91.5 Å². The average molecular weight is 255 g/mol. The van der Waals surface area contributed by atoms with Crippen LogP contribution in [0.2, 0.25) is 0 Å². The van der Waals surface area contributed by atoms with Gasteiger partial charge in [0.1, 0.15) is 6.07 Å². The summed E-state index contributed by atoms with van der Waals surface area (Å²) in [5, 5.41) is 20.7. The van der Waals surface area contributed by atoms with E-state index in [1.54, 1.807) is 6.07 Å². The molecule has 1 rings (SSSR count). The highest BCUT2D eigenvalue weighted by Gasteiger charge is 2.05. The molecule has 74 valence electrons. The Morgan fingerprint density at radius 3 is 2.93 bits per heavy atom. The molecule has 1 unspecified atom stereocenters. The zero-order valence-corrected chi connectivity index (χ0v) is 9.37. The highest BCUT2D eigenvalue weighted by molar-refractivity contribution is 9.10. The molecule has 0 amide bonds. The van der Waals surface area contributed by atoms with E-state index >= 15 is 0 Å². The van der Waals surface area contributed by atoms with E-state index in [2.05, 4.69) is 27.3 Å². The smallest absolute Gasteiger partial charge is 0.101 e. The molecule has 0 heterocycles. The third-order valence-electron chi connectivity index (χ3n) is 1.78. The molecule has 1 atom stereocenters. The second kappa shape index (κ2) is 4.99. The first-order valence-electron chi connectivity index (χ1n) is 4.24. The van der Waals surface area contributed by atoms with Gasteiger partial charge in [-0.2, -0.15) is 5.26 Å². The molecular formula is C10H11BrN2O. The van der Waals surface area contributed by atoms with Crippen LogP contribution in [0.1, 0.15) is 12.5 Å². The standard InChI is InChI=1S/C10H11BrN2O/c1-7(6-14)13-10-4-9(11)3-2-8(10)5-12/h2-4,7,13-14H,6H2,1H3. The molecule has 0 aliphatic carbocycles. The molecule has 0 saturated carbocycles. The Morgan fingerprint density at radius 2 is 2.36 bits per heavy atom. The van der Waals surface area contributed by atoms with E-state index in [-0.39, 0.29) is 12.6 Å². The van der Waals surface area contributed by atoms with Crippen LogP contribution in [0.15, 0.2) is 22.7 Å². The zero-order valence-electron chi connectivity index (χ0n) is 7.79. The van der Waals surface area contributed by atoms with Crippen LogP contribution in [-0.4, -0.2) is 17.8 Å². The molecule has 2 N–H and O–H groups in total. The van der Waals surface area contributed by atoms with Gasteiger partial charge in [0.15, 0.2) is 0 Å². The van der Waals surface area contributed by atoms with E-state index < -0.39 is 0 Å². The van der Waals surface area contributed by atoms with Crippen molar-refractivity contribution in [3.05, 3.63) is 28.2 Å². The van der Waals surface area contributed by atoms with E-state index in [1.807, 2.05) is 19.1 Å². The lowest BCUT2D eigenvalue weighted by Crippen LogP contribution is -2.19. The van der Waals surface area contributed by atoms with E-state index in [1.165, 1.54) is 0 Å². The number of aliphatic hydroxyl groups is 1. The molecule has 0 saturated heterocycles. The van der Waals surface area contributed by atoms with Gasteiger partial charge in [-0.15, -0.1) is 0 Å². The molecule has 0 spiro atoms. The van der Waals surface area contributed by atoms with Crippen molar-refractivity contribution < 1.29 is 5.11 Å². The minimum atomic E-state index is -0.0589. The molecule has 0 aliphatic heterocycles. The van der Waals surface area contributed by atoms with Crippen LogP contribution >= 0.6 is 15.9 Å². The average Bonchev–Trinajstić information content (AvgIpc) is 2.18. The van der Waals surface area contributed by atoms with Crippen molar-refractivity contribution in [3.8, 4) is 6.07 Å². The van der Waals surface area contributed by atoms with Crippen molar-refractivity contribution in [1.82, 2.24) is 0 Å². The lowest BCUT2D eigenvalue weighted by Gasteiger charge is -2.13. The van der Waals surface area contributed by atoms with E-state index in [0.29, 0.717) is 5.56 Å². The Kier molecular flexibility index (Phi) is 3.93. The third kappa shape index (κ3) is 2.72. The van der Waals surface area contributed by atoms with Crippen LogP contribution < -0.4 is 5.32 Å². The van der Waals surface area contributed by atoms with Gasteiger partial charge in [0, 0.05) is 10.5 Å². The molecule has 1 aromatic carbocycles. The molecule has 0 fully saturated rings. The third-order valence-corrected chi connectivity index (χ3v) is 2.27. The fourth-order valence-corrected chi connectivity index (χ4v) is 1.41. The quantitative estimate of drug-likeness (QED) is 0.869. The minimum absolute atomic E-state index is 0.0391. The minimum Gasteiger partial charge on any atom is -0.394 e. The topological polar surface area (TPSA) is 56.0 Å². The number of nitrogens with zero attached hydrogens (tertiary/aromatic N) is 1. The summed E-state index contributed by atoms with van der Waals surface area (Å²) in [6, 6.07) is 7.40. The number of nitrogens with one attached hydrogen (secondary N) is 1. The van der Waals surface area contributed by atoms with Crippen molar-refractivity contribution >= 4 is 21.6 Å². The van der Waals surface area contributed by atoms with Crippen molar-refractivity contribution in [2.24, 2.45) is 0 Å². The van der Waals surface area contributed by atoms with Gasteiger partial charge in [-0.1, -0.05) is 15.9 Å². The molecule has 14 heavy (non-hydrogen) atoms. The van der Waals surface area contributed by atoms with E-state index in [9.17, 15) is 0 Å². The highest BCUT2D eigenvalue weighted by Crippen LogP contribution is 2.21. The van der Waals surface area contributed by atoms with Crippen LogP contribution in [0.5, 0.6) is 0 Å². The number of nitriles is 1. The van der Waals surface area contributed by atoms with Gasteiger partial charge in [-0.25, -0.2) is 0 Å². The van der Waals surface area contributed by atoms with Gasteiger partial charge in [0.2, 0.25) is 0 Å². The van der Waals surface area contributed by atoms with E-state index in [0.717, 1.165) is 10.2 Å². The monoisotopic (exact) mass is 254 g/mol. The Bertz CT molecular complexity index is 360. The van der Waals surface area contributed by atoms with Crippen LogP contribution in [-0.2, 0) is 0 Å². The number of hydrogen-bond donors (Lipinski definition) is 2. The molecule has 0 aromatic heterocycles. The van der Waals surface area contributed by atoms with Gasteiger partial charge in [0.05, 0.1) is 17.9 Å². The summed E-state index contributed by atoms with van der Waals surface area (Å²) in [6.07, 6.45) is 0. The maximum Gasteiger partial charge on any atom is 0.101 e. The Hall–Kier alpha value is -1.05. The Balaban J connectivity index is 2.94. The number of anilines is 1. The SMILES string of the molecule is CC(CO)Nc1cc(Br)ccc1C#N. The number of hydrogen-bond acceptors (Lipinski definition) is 3. The number of halogens is 1. The molecule has 1 aromatic rings. The van der Waals surface area contributed by atoms with Crippen molar-refractivity contribution in [1.29, 1.82) is 5.26 Å². The van der Waals surface area contributed by atoms with Gasteiger partial charge in [0.25, 0.3) is 0 Å². The fourth-order valence-electron chi connectivity index (χ4n) is 1.04. The van der Waals surface area contributed by atoms with Crippen molar-refractivity contribution in [3.63, 3.8) is 0 Å². The van der Waals surface area contributed by atoms with Crippen LogP contribution in [0.3, 0.4) is 0 Å². The molecule has 3 nitrogen and oxygen atoms in total. The molecule has 0 aliphatic rings. The lowest BCUT2D eigenvalue weighted by molar-refractivity contribution is 0.281. The second-order valence-electron chi connectivity index (χ2n) is 3.03. The van der Waals surface area contributed by atoms with Crippen LogP contribution in [0.25, 0.3) is 0 Å². The summed E-state index contributed by atoms with van der Waals surface area (Å²) in [5.41, 5.74) is 1.32. The maximum atomic E-state index is 8.87. The van der Waals surface area contributed by atoms with Crippen molar-refractivity contribution in [2.45, 2.75) is 13.0 Å². The first-order chi connectivity index (χ1) is 6.67. The maximum absolute atomic E-state index is 8.87. The van der Waals surface area contributed by atoms with Crippen LogP contribution in [0, 0.1) is 11.3 Å². The molecule has 0 bridgehead atoms. The van der Waals surface area contributed by atoms with Gasteiger partial charge < -0.3 is 10.4 Å². The van der Waals surface area contributed by atoms with Gasteiger partial charge in [-0.3, -0.25) is 0 Å². The predicted octanol–water partition coefficient (Wildman–Crippen LogP) is 2.11. The lowest BCUT2D eigenvalue weighted by atomic mass is 10.2. The van der Waals surface area contributed by atoms with Crippen LogP contribution in [0.4, 0.5) is 5.69 Å². The van der Waals surface area contributed by atoms with E-state index in [4.69, 9.17) is 10.4 Å². The second-order valence-corrected chi connectivity index (χ2v) is 3.95. The summed E-state index contributed by atoms with van der Waals surface area (Å²) < 4.78 is 0.907. The molecular weight excluding hydrogens is 244 g/mol. The summed E-state index contributed by atoms with van der Waals surface area (Å²) in [6.45, 7) is 1.89. The molecule has 0 radical (unpaired) electrons. The number of aliphatic hydroxyl groups excluding tert-OH is 1. The fraction of sp³-hybridized carbons (Fsp3) is 0.300. The molecule has 4 heteroatoms. The normalized spacial score (nSPS) is 11.9. The van der Waals surface area contributed by atoms with Gasteiger partial charge >= 0.3 is 0 Å². The summed E-state index contributed by atoms with van der Waals surface area (Å²) in [7, 11) is 0. The summed E-state index contributed by atoms with van der Waals surface area (Å²) in [4.78, 5) is 0.